The monoisotopic (exact) mass is 162 g/mol. The second-order valence-corrected chi connectivity index (χ2v) is 3.03. The summed E-state index contributed by atoms with van der Waals surface area (Å²) in [4.78, 5) is 12.0. The number of hydrogen-bond donors (Lipinski definition) is 1. The Morgan fingerprint density at radius 3 is 3.00 bits per heavy atom. The Morgan fingerprint density at radius 2 is 2.36 bits per heavy atom. The highest BCUT2D eigenvalue weighted by Crippen LogP contribution is 2.33. The Kier molecular flexibility index (Phi) is 1.14. The van der Waals surface area contributed by atoms with Crippen molar-refractivity contribution in [2.45, 2.75) is 18.4 Å². The summed E-state index contributed by atoms with van der Waals surface area (Å²) in [6, 6.07) is -0.635. The van der Waals surface area contributed by atoms with Crippen molar-refractivity contribution in [3.05, 3.63) is 0 Å². The molecule has 0 spiro atoms. The largest absolute Gasteiger partial charge is 0.336 e. The minimum Gasteiger partial charge on any atom is -0.336 e. The number of carbonyl (C=O) groups excluding carboxylic acids is 1. The third-order valence-corrected chi connectivity index (χ3v) is 2.13. The Bertz CT molecular complexity index is 207. The first-order chi connectivity index (χ1) is 5.08. The molecular formula is C6H8F2N2O. The Labute approximate surface area is 62.4 Å². The van der Waals surface area contributed by atoms with Gasteiger partial charge < -0.3 is 10.2 Å². The topological polar surface area (TPSA) is 32.3 Å². The lowest BCUT2D eigenvalue weighted by atomic mass is 10.2. The molecule has 1 N–H and O–H groups in total. The molecule has 2 aliphatic heterocycles. The number of hydrogen-bond acceptors (Lipinski definition) is 1. The van der Waals surface area contributed by atoms with E-state index in [2.05, 4.69) is 5.32 Å². The van der Waals surface area contributed by atoms with Gasteiger partial charge in [-0.2, -0.15) is 0 Å². The van der Waals surface area contributed by atoms with E-state index in [-0.39, 0.29) is 18.5 Å². The predicted octanol–water partition coefficient (Wildman–Crippen LogP) is 0.419. The van der Waals surface area contributed by atoms with Gasteiger partial charge in [0, 0.05) is 13.0 Å². The van der Waals surface area contributed by atoms with E-state index in [9.17, 15) is 13.6 Å². The second-order valence-electron chi connectivity index (χ2n) is 3.03. The summed E-state index contributed by atoms with van der Waals surface area (Å²) in [5.74, 6) is -2.66. The van der Waals surface area contributed by atoms with Gasteiger partial charge in [0.15, 0.2) is 0 Å². The van der Waals surface area contributed by atoms with Crippen LogP contribution in [-0.2, 0) is 0 Å². The molecule has 0 aliphatic carbocycles. The van der Waals surface area contributed by atoms with Crippen LogP contribution in [0.25, 0.3) is 0 Å². The Hall–Kier alpha value is -0.870. The Morgan fingerprint density at radius 1 is 1.64 bits per heavy atom. The van der Waals surface area contributed by atoms with Crippen LogP contribution in [0.4, 0.5) is 13.6 Å². The molecule has 2 saturated heterocycles. The van der Waals surface area contributed by atoms with E-state index in [0.29, 0.717) is 6.54 Å². The molecule has 2 heterocycles. The van der Waals surface area contributed by atoms with Crippen molar-refractivity contribution in [1.82, 2.24) is 10.2 Å². The summed E-state index contributed by atoms with van der Waals surface area (Å²) in [7, 11) is 0. The van der Waals surface area contributed by atoms with E-state index in [1.807, 2.05) is 0 Å². The number of rotatable bonds is 0. The number of alkyl halides is 2. The number of carbonyl (C=O) groups is 1. The smallest absolute Gasteiger partial charge is 0.317 e. The van der Waals surface area contributed by atoms with Crippen LogP contribution in [-0.4, -0.2) is 36.0 Å². The van der Waals surface area contributed by atoms with Crippen LogP contribution in [0.3, 0.4) is 0 Å². The number of amides is 2. The molecule has 0 saturated carbocycles. The zero-order valence-electron chi connectivity index (χ0n) is 5.81. The summed E-state index contributed by atoms with van der Waals surface area (Å²) in [6.45, 7) is -0.0437. The number of fused-ring (bicyclic) bond motifs is 1. The van der Waals surface area contributed by atoms with Gasteiger partial charge in [-0.05, 0) is 0 Å². The van der Waals surface area contributed by atoms with Crippen LogP contribution >= 0.6 is 0 Å². The minimum atomic E-state index is -2.66. The number of nitrogens with zero attached hydrogens (tertiary/aromatic N) is 1. The summed E-state index contributed by atoms with van der Waals surface area (Å²) in [5, 5.41) is 2.51. The lowest BCUT2D eigenvalue weighted by Crippen LogP contribution is -2.32. The van der Waals surface area contributed by atoms with E-state index in [1.54, 1.807) is 0 Å². The number of urea groups is 1. The SMILES string of the molecule is O=C1NC[C@@H]2CC(F)(F)CN12. The summed E-state index contributed by atoms with van der Waals surface area (Å²) in [5.41, 5.74) is 0. The molecule has 0 bridgehead atoms. The number of halogens is 2. The molecule has 3 nitrogen and oxygen atoms in total. The molecular weight excluding hydrogens is 154 g/mol. The fourth-order valence-corrected chi connectivity index (χ4v) is 1.62. The average molecular weight is 162 g/mol. The summed E-state index contributed by atoms with van der Waals surface area (Å²) >= 11 is 0. The van der Waals surface area contributed by atoms with Gasteiger partial charge in [0.1, 0.15) is 0 Å². The Balaban J connectivity index is 2.16. The fourth-order valence-electron chi connectivity index (χ4n) is 1.62. The normalized spacial score (nSPS) is 33.8. The van der Waals surface area contributed by atoms with E-state index in [0.717, 1.165) is 0 Å². The number of nitrogens with one attached hydrogen (secondary N) is 1. The molecule has 2 amide bonds. The quantitative estimate of drug-likeness (QED) is 0.550. The van der Waals surface area contributed by atoms with Crippen LogP contribution in [0.15, 0.2) is 0 Å². The highest BCUT2D eigenvalue weighted by molar-refractivity contribution is 5.77. The highest BCUT2D eigenvalue weighted by atomic mass is 19.3. The third kappa shape index (κ3) is 0.948. The predicted molar refractivity (Wildman–Crippen MR) is 33.5 cm³/mol. The molecule has 2 aliphatic rings. The van der Waals surface area contributed by atoms with E-state index >= 15 is 0 Å². The fraction of sp³-hybridized carbons (Fsp3) is 0.833. The van der Waals surface area contributed by atoms with Gasteiger partial charge in [0.05, 0.1) is 12.6 Å². The molecule has 2 rings (SSSR count). The van der Waals surface area contributed by atoms with Gasteiger partial charge in [-0.25, -0.2) is 13.6 Å². The van der Waals surface area contributed by atoms with Gasteiger partial charge in [0.25, 0.3) is 5.92 Å². The van der Waals surface area contributed by atoms with Crippen LogP contribution < -0.4 is 5.32 Å². The molecule has 0 radical (unpaired) electrons. The van der Waals surface area contributed by atoms with Crippen molar-refractivity contribution in [2.75, 3.05) is 13.1 Å². The second kappa shape index (κ2) is 1.84. The maximum Gasteiger partial charge on any atom is 0.317 e. The van der Waals surface area contributed by atoms with Gasteiger partial charge in [0.2, 0.25) is 0 Å². The lowest BCUT2D eigenvalue weighted by molar-refractivity contribution is 0.0139. The molecule has 11 heavy (non-hydrogen) atoms. The van der Waals surface area contributed by atoms with E-state index < -0.39 is 12.5 Å². The van der Waals surface area contributed by atoms with Crippen molar-refractivity contribution >= 4 is 6.03 Å². The maximum atomic E-state index is 12.6. The molecule has 0 aromatic rings. The van der Waals surface area contributed by atoms with E-state index in [4.69, 9.17) is 0 Å². The molecule has 0 unspecified atom stereocenters. The van der Waals surface area contributed by atoms with Gasteiger partial charge in [-0.1, -0.05) is 0 Å². The van der Waals surface area contributed by atoms with Crippen molar-refractivity contribution < 1.29 is 13.6 Å². The van der Waals surface area contributed by atoms with E-state index in [1.165, 1.54) is 4.90 Å². The molecule has 5 heteroatoms. The summed E-state index contributed by atoms with van der Waals surface area (Å²) < 4.78 is 25.2. The van der Waals surface area contributed by atoms with Crippen LogP contribution in [0.2, 0.25) is 0 Å². The van der Waals surface area contributed by atoms with Crippen molar-refractivity contribution in [3.8, 4) is 0 Å². The maximum absolute atomic E-state index is 12.6. The molecule has 1 atom stereocenters. The highest BCUT2D eigenvalue weighted by Gasteiger charge is 2.49. The summed E-state index contributed by atoms with van der Waals surface area (Å²) in [6.07, 6.45) is -0.189. The molecule has 2 fully saturated rings. The first kappa shape index (κ1) is 6.82. The average Bonchev–Trinajstić information content (AvgIpc) is 2.31. The van der Waals surface area contributed by atoms with Gasteiger partial charge in [-0.15, -0.1) is 0 Å². The van der Waals surface area contributed by atoms with Crippen molar-refractivity contribution in [2.24, 2.45) is 0 Å². The van der Waals surface area contributed by atoms with Crippen LogP contribution in [0.5, 0.6) is 0 Å². The van der Waals surface area contributed by atoms with Crippen molar-refractivity contribution in [3.63, 3.8) is 0 Å². The van der Waals surface area contributed by atoms with Crippen LogP contribution in [0, 0.1) is 0 Å². The standard InChI is InChI=1S/C6H8F2N2O/c7-6(8)1-4-2-9-5(11)10(4)3-6/h4H,1-3H2,(H,9,11)/t4-/m0/s1. The first-order valence-electron chi connectivity index (χ1n) is 3.51. The lowest BCUT2D eigenvalue weighted by Gasteiger charge is -2.11. The zero-order chi connectivity index (χ0) is 8.06. The molecule has 62 valence electrons. The molecule has 0 aromatic heterocycles. The van der Waals surface area contributed by atoms with Crippen molar-refractivity contribution in [1.29, 1.82) is 0 Å². The van der Waals surface area contributed by atoms with Gasteiger partial charge >= 0.3 is 6.03 Å². The third-order valence-electron chi connectivity index (χ3n) is 2.13. The zero-order valence-corrected chi connectivity index (χ0v) is 5.81. The van der Waals surface area contributed by atoms with Crippen LogP contribution in [0.1, 0.15) is 6.42 Å². The first-order valence-corrected chi connectivity index (χ1v) is 3.51. The van der Waals surface area contributed by atoms with Gasteiger partial charge in [-0.3, -0.25) is 0 Å². The molecule has 0 aromatic carbocycles. The minimum absolute atomic E-state index is 0.189.